The second kappa shape index (κ2) is 5.57. The maximum Gasteiger partial charge on any atom is 0.225 e. The van der Waals surface area contributed by atoms with Gasteiger partial charge in [0, 0.05) is 19.6 Å². The molecule has 1 heterocycles. The lowest BCUT2D eigenvalue weighted by Crippen LogP contribution is -2.51. The van der Waals surface area contributed by atoms with Crippen LogP contribution >= 0.6 is 12.4 Å². The molecule has 17 heavy (non-hydrogen) atoms. The SMILES string of the molecule is Cl.O=C(NCCC1CC2CCC1C2)C1CNC1. The lowest BCUT2D eigenvalue weighted by Gasteiger charge is -2.26. The molecule has 1 saturated heterocycles. The molecule has 2 bridgehead atoms. The van der Waals surface area contributed by atoms with E-state index in [-0.39, 0.29) is 24.2 Å². The molecule has 1 amide bonds. The van der Waals surface area contributed by atoms with Crippen LogP contribution < -0.4 is 10.6 Å². The van der Waals surface area contributed by atoms with Gasteiger partial charge in [0.1, 0.15) is 0 Å². The van der Waals surface area contributed by atoms with Gasteiger partial charge < -0.3 is 10.6 Å². The van der Waals surface area contributed by atoms with Crippen LogP contribution in [-0.2, 0) is 4.79 Å². The number of carbonyl (C=O) groups is 1. The Kier molecular flexibility index (Phi) is 4.31. The molecule has 3 aliphatic rings. The fourth-order valence-corrected chi connectivity index (χ4v) is 3.73. The maximum atomic E-state index is 11.6. The van der Waals surface area contributed by atoms with E-state index in [0.29, 0.717) is 0 Å². The van der Waals surface area contributed by atoms with Gasteiger partial charge in [-0.1, -0.05) is 6.42 Å². The Morgan fingerprint density at radius 3 is 2.59 bits per heavy atom. The summed E-state index contributed by atoms with van der Waals surface area (Å²) in [6.07, 6.45) is 7.06. The van der Waals surface area contributed by atoms with Crippen molar-refractivity contribution in [1.82, 2.24) is 10.6 Å². The molecule has 2 saturated carbocycles. The standard InChI is InChI=1S/C13H22N2O.ClH/c16-13(12-7-14-8-12)15-4-3-11-6-9-1-2-10(11)5-9;/h9-12,14H,1-8H2,(H,15,16);1H. The molecule has 3 rings (SSSR count). The van der Waals surface area contributed by atoms with Gasteiger partial charge in [0.15, 0.2) is 0 Å². The summed E-state index contributed by atoms with van der Waals surface area (Å²) in [5, 5.41) is 6.23. The highest BCUT2D eigenvalue weighted by molar-refractivity contribution is 5.85. The van der Waals surface area contributed by atoms with Crippen molar-refractivity contribution in [1.29, 1.82) is 0 Å². The Balaban J connectivity index is 0.00000108. The molecule has 98 valence electrons. The van der Waals surface area contributed by atoms with Gasteiger partial charge in [-0.05, 0) is 43.4 Å². The molecule has 3 nitrogen and oxygen atoms in total. The third-order valence-corrected chi connectivity index (χ3v) is 4.85. The van der Waals surface area contributed by atoms with Gasteiger partial charge in [-0.2, -0.15) is 0 Å². The van der Waals surface area contributed by atoms with Crippen molar-refractivity contribution in [3.05, 3.63) is 0 Å². The van der Waals surface area contributed by atoms with Gasteiger partial charge in [-0.15, -0.1) is 12.4 Å². The van der Waals surface area contributed by atoms with Crippen LogP contribution in [0.4, 0.5) is 0 Å². The van der Waals surface area contributed by atoms with Crippen LogP contribution in [0.5, 0.6) is 0 Å². The predicted octanol–water partition coefficient (Wildman–Crippen LogP) is 1.57. The largest absolute Gasteiger partial charge is 0.356 e. The number of rotatable bonds is 4. The van der Waals surface area contributed by atoms with Crippen LogP contribution in [0.2, 0.25) is 0 Å². The van der Waals surface area contributed by atoms with E-state index in [9.17, 15) is 4.79 Å². The Hall–Kier alpha value is -0.280. The number of carbonyl (C=O) groups excluding carboxylic acids is 1. The van der Waals surface area contributed by atoms with E-state index in [1.165, 1.54) is 32.1 Å². The van der Waals surface area contributed by atoms with Gasteiger partial charge in [0.05, 0.1) is 5.92 Å². The van der Waals surface area contributed by atoms with Gasteiger partial charge in [0.25, 0.3) is 0 Å². The van der Waals surface area contributed by atoms with Crippen molar-refractivity contribution in [2.24, 2.45) is 23.7 Å². The highest BCUT2D eigenvalue weighted by atomic mass is 35.5. The van der Waals surface area contributed by atoms with Crippen LogP contribution in [0.25, 0.3) is 0 Å². The Bertz CT molecular complexity index is 281. The molecule has 3 unspecified atom stereocenters. The second-order valence-corrected chi connectivity index (χ2v) is 5.87. The predicted molar refractivity (Wildman–Crippen MR) is 70.2 cm³/mol. The molecule has 2 N–H and O–H groups in total. The monoisotopic (exact) mass is 258 g/mol. The summed E-state index contributed by atoms with van der Waals surface area (Å²) in [5.74, 6) is 3.45. The van der Waals surface area contributed by atoms with Gasteiger partial charge in [-0.25, -0.2) is 0 Å². The molecule has 3 atom stereocenters. The summed E-state index contributed by atoms with van der Waals surface area (Å²) in [7, 11) is 0. The quantitative estimate of drug-likeness (QED) is 0.804. The summed E-state index contributed by atoms with van der Waals surface area (Å²) in [5.41, 5.74) is 0. The fraction of sp³-hybridized carbons (Fsp3) is 0.923. The van der Waals surface area contributed by atoms with Crippen molar-refractivity contribution in [2.45, 2.75) is 32.1 Å². The Morgan fingerprint density at radius 1 is 1.24 bits per heavy atom. The van der Waals surface area contributed by atoms with E-state index in [4.69, 9.17) is 0 Å². The van der Waals surface area contributed by atoms with Gasteiger partial charge in [0.2, 0.25) is 5.91 Å². The van der Waals surface area contributed by atoms with Crippen molar-refractivity contribution in [3.8, 4) is 0 Å². The highest BCUT2D eigenvalue weighted by Crippen LogP contribution is 2.49. The molecule has 0 spiro atoms. The first-order valence-corrected chi connectivity index (χ1v) is 6.81. The van der Waals surface area contributed by atoms with E-state index in [0.717, 1.165) is 37.4 Å². The van der Waals surface area contributed by atoms with Crippen LogP contribution in [0, 0.1) is 23.7 Å². The first kappa shape index (κ1) is 13.2. The van der Waals surface area contributed by atoms with Crippen molar-refractivity contribution in [3.63, 3.8) is 0 Å². The fourth-order valence-electron chi connectivity index (χ4n) is 3.73. The van der Waals surface area contributed by atoms with Crippen LogP contribution in [0.3, 0.4) is 0 Å². The molecule has 4 heteroatoms. The Labute approximate surface area is 110 Å². The second-order valence-electron chi connectivity index (χ2n) is 5.87. The number of amides is 1. The highest BCUT2D eigenvalue weighted by Gasteiger charge is 2.38. The third kappa shape index (κ3) is 2.76. The lowest BCUT2D eigenvalue weighted by molar-refractivity contribution is -0.126. The third-order valence-electron chi connectivity index (χ3n) is 4.85. The molecule has 0 aromatic heterocycles. The van der Waals surface area contributed by atoms with Crippen LogP contribution in [0.15, 0.2) is 0 Å². The summed E-state index contributed by atoms with van der Waals surface area (Å²) < 4.78 is 0. The van der Waals surface area contributed by atoms with E-state index in [2.05, 4.69) is 10.6 Å². The zero-order valence-corrected chi connectivity index (χ0v) is 11.1. The van der Waals surface area contributed by atoms with E-state index < -0.39 is 0 Å². The minimum Gasteiger partial charge on any atom is -0.356 e. The zero-order chi connectivity index (χ0) is 11.0. The minimum absolute atomic E-state index is 0. The molecular weight excluding hydrogens is 236 g/mol. The number of hydrogen-bond acceptors (Lipinski definition) is 2. The van der Waals surface area contributed by atoms with Crippen LogP contribution in [0.1, 0.15) is 32.1 Å². The smallest absolute Gasteiger partial charge is 0.225 e. The summed E-state index contributed by atoms with van der Waals surface area (Å²) in [4.78, 5) is 11.6. The summed E-state index contributed by atoms with van der Waals surface area (Å²) >= 11 is 0. The Morgan fingerprint density at radius 2 is 2.06 bits per heavy atom. The van der Waals surface area contributed by atoms with Gasteiger partial charge >= 0.3 is 0 Å². The average Bonchev–Trinajstić information content (AvgIpc) is 2.76. The minimum atomic E-state index is 0. The van der Waals surface area contributed by atoms with Gasteiger partial charge in [-0.3, -0.25) is 4.79 Å². The van der Waals surface area contributed by atoms with Crippen molar-refractivity contribution >= 4 is 18.3 Å². The number of fused-ring (bicyclic) bond motifs is 2. The summed E-state index contributed by atoms with van der Waals surface area (Å²) in [6.45, 7) is 2.66. The van der Waals surface area contributed by atoms with E-state index >= 15 is 0 Å². The topological polar surface area (TPSA) is 41.1 Å². The lowest BCUT2D eigenvalue weighted by atomic mass is 9.86. The molecule has 0 radical (unpaired) electrons. The van der Waals surface area contributed by atoms with Crippen molar-refractivity contribution in [2.75, 3.05) is 19.6 Å². The molecule has 0 aromatic carbocycles. The number of halogens is 1. The molecular formula is C13H23ClN2O. The summed E-state index contributed by atoms with van der Waals surface area (Å²) in [6, 6.07) is 0. The average molecular weight is 259 g/mol. The van der Waals surface area contributed by atoms with Crippen molar-refractivity contribution < 1.29 is 4.79 Å². The van der Waals surface area contributed by atoms with E-state index in [1.54, 1.807) is 0 Å². The molecule has 3 fully saturated rings. The normalized spacial score (nSPS) is 35.2. The molecule has 1 aliphatic heterocycles. The molecule has 2 aliphatic carbocycles. The zero-order valence-electron chi connectivity index (χ0n) is 10.3. The molecule has 0 aromatic rings. The maximum absolute atomic E-state index is 11.6. The first-order chi connectivity index (χ1) is 7.83. The van der Waals surface area contributed by atoms with E-state index in [1.807, 2.05) is 0 Å². The number of nitrogens with one attached hydrogen (secondary N) is 2. The van der Waals surface area contributed by atoms with Crippen LogP contribution in [-0.4, -0.2) is 25.5 Å². The number of hydrogen-bond donors (Lipinski definition) is 2. The first-order valence-electron chi connectivity index (χ1n) is 6.81.